The first-order chi connectivity index (χ1) is 8.44. The third kappa shape index (κ3) is 5.59. The van der Waals surface area contributed by atoms with Crippen molar-refractivity contribution in [2.75, 3.05) is 19.7 Å². The second-order valence-corrected chi connectivity index (χ2v) is 6.53. The lowest BCUT2D eigenvalue weighted by atomic mass is 9.95. The number of hydrogen-bond acceptors (Lipinski definition) is 2. The van der Waals surface area contributed by atoms with Gasteiger partial charge in [0.1, 0.15) is 5.75 Å². The summed E-state index contributed by atoms with van der Waals surface area (Å²) >= 11 is 9.51. The molecule has 0 saturated carbocycles. The van der Waals surface area contributed by atoms with Crippen molar-refractivity contribution in [1.29, 1.82) is 0 Å². The summed E-state index contributed by atoms with van der Waals surface area (Å²) in [4.78, 5) is 0. The molecule has 0 fully saturated rings. The van der Waals surface area contributed by atoms with Gasteiger partial charge in [-0.1, -0.05) is 48.3 Å². The van der Waals surface area contributed by atoms with E-state index < -0.39 is 0 Å². The quantitative estimate of drug-likeness (QED) is 0.741. The van der Waals surface area contributed by atoms with Crippen LogP contribution in [0.1, 0.15) is 27.2 Å². The summed E-state index contributed by atoms with van der Waals surface area (Å²) in [5, 5.41) is 4.06. The Morgan fingerprint density at radius 3 is 2.78 bits per heavy atom. The number of ether oxygens (including phenoxy) is 1. The van der Waals surface area contributed by atoms with Crippen molar-refractivity contribution in [3.63, 3.8) is 0 Å². The zero-order valence-electron chi connectivity index (χ0n) is 11.2. The first kappa shape index (κ1) is 15.8. The Balaban J connectivity index is 2.50. The van der Waals surface area contributed by atoms with Crippen LogP contribution in [0.15, 0.2) is 22.7 Å². The zero-order valence-corrected chi connectivity index (χ0v) is 13.6. The molecule has 0 atom stereocenters. The fourth-order valence-corrected chi connectivity index (χ4v) is 2.03. The fourth-order valence-electron chi connectivity index (χ4n) is 1.52. The monoisotopic (exact) mass is 333 g/mol. The maximum Gasteiger partial charge on any atom is 0.139 e. The topological polar surface area (TPSA) is 21.3 Å². The van der Waals surface area contributed by atoms with E-state index in [-0.39, 0.29) is 5.41 Å². The smallest absolute Gasteiger partial charge is 0.139 e. The van der Waals surface area contributed by atoms with Crippen LogP contribution >= 0.6 is 27.5 Å². The van der Waals surface area contributed by atoms with Crippen LogP contribution in [0.5, 0.6) is 5.75 Å². The lowest BCUT2D eigenvalue weighted by molar-refractivity contribution is 0.176. The predicted molar refractivity (Wildman–Crippen MR) is 81.6 cm³/mol. The molecule has 4 heteroatoms. The standard InChI is InChI=1S/C14H21BrClNO/c1-4-7-17-9-14(2,3)10-18-13-8-11(15)5-6-12(13)16/h5-6,8,17H,4,7,9-10H2,1-3H3. The number of hydrogen-bond donors (Lipinski definition) is 1. The SMILES string of the molecule is CCCNCC(C)(C)COc1cc(Br)ccc1Cl. The average Bonchev–Trinajstić information content (AvgIpc) is 2.31. The highest BCUT2D eigenvalue weighted by molar-refractivity contribution is 9.10. The van der Waals surface area contributed by atoms with E-state index in [2.05, 4.69) is 42.0 Å². The Kier molecular flexibility index (Phi) is 6.47. The van der Waals surface area contributed by atoms with Crippen LogP contribution in [0.2, 0.25) is 5.02 Å². The Bertz CT molecular complexity index is 382. The van der Waals surface area contributed by atoms with Crippen LogP contribution in [0.3, 0.4) is 0 Å². The molecule has 0 spiro atoms. The number of benzene rings is 1. The minimum atomic E-state index is 0.0841. The van der Waals surface area contributed by atoms with E-state index in [1.165, 1.54) is 0 Å². The van der Waals surface area contributed by atoms with Crippen molar-refractivity contribution in [1.82, 2.24) is 5.32 Å². The van der Waals surface area contributed by atoms with Crippen LogP contribution in [-0.4, -0.2) is 19.7 Å². The van der Waals surface area contributed by atoms with E-state index >= 15 is 0 Å². The molecule has 0 saturated heterocycles. The van der Waals surface area contributed by atoms with Gasteiger partial charge in [0.05, 0.1) is 11.6 Å². The molecule has 0 heterocycles. The van der Waals surface area contributed by atoms with Crippen molar-refractivity contribution in [2.24, 2.45) is 5.41 Å². The van der Waals surface area contributed by atoms with Gasteiger partial charge in [0, 0.05) is 16.4 Å². The lowest BCUT2D eigenvalue weighted by Gasteiger charge is -2.25. The largest absolute Gasteiger partial charge is 0.491 e. The van der Waals surface area contributed by atoms with Gasteiger partial charge >= 0.3 is 0 Å². The van der Waals surface area contributed by atoms with Gasteiger partial charge in [0.25, 0.3) is 0 Å². The van der Waals surface area contributed by atoms with E-state index in [1.807, 2.05) is 18.2 Å². The molecular weight excluding hydrogens is 314 g/mol. The average molecular weight is 335 g/mol. The first-order valence-electron chi connectivity index (χ1n) is 6.23. The Morgan fingerprint density at radius 2 is 2.11 bits per heavy atom. The van der Waals surface area contributed by atoms with Gasteiger partial charge in [-0.3, -0.25) is 0 Å². The minimum absolute atomic E-state index is 0.0841. The van der Waals surface area contributed by atoms with Gasteiger partial charge in [-0.2, -0.15) is 0 Å². The summed E-state index contributed by atoms with van der Waals surface area (Å²) in [5.74, 6) is 0.731. The van der Waals surface area contributed by atoms with Gasteiger partial charge in [-0.15, -0.1) is 0 Å². The predicted octanol–water partition coefficient (Wildman–Crippen LogP) is 4.51. The Labute approximate surface area is 123 Å². The highest BCUT2D eigenvalue weighted by Gasteiger charge is 2.19. The zero-order chi connectivity index (χ0) is 13.6. The summed E-state index contributed by atoms with van der Waals surface area (Å²) in [7, 11) is 0. The summed E-state index contributed by atoms with van der Waals surface area (Å²) in [5.41, 5.74) is 0.0841. The van der Waals surface area contributed by atoms with Crippen molar-refractivity contribution in [3.8, 4) is 5.75 Å². The first-order valence-corrected chi connectivity index (χ1v) is 7.40. The van der Waals surface area contributed by atoms with Crippen molar-refractivity contribution in [2.45, 2.75) is 27.2 Å². The highest BCUT2D eigenvalue weighted by Crippen LogP contribution is 2.29. The fraction of sp³-hybridized carbons (Fsp3) is 0.571. The molecular formula is C14H21BrClNO. The number of halogens is 2. The Morgan fingerprint density at radius 1 is 1.39 bits per heavy atom. The molecule has 1 rings (SSSR count). The molecule has 0 radical (unpaired) electrons. The van der Waals surface area contributed by atoms with E-state index in [4.69, 9.17) is 16.3 Å². The van der Waals surface area contributed by atoms with E-state index in [0.717, 1.165) is 29.7 Å². The van der Waals surface area contributed by atoms with Crippen LogP contribution in [0.4, 0.5) is 0 Å². The molecule has 1 N–H and O–H groups in total. The molecule has 18 heavy (non-hydrogen) atoms. The van der Waals surface area contributed by atoms with Crippen LogP contribution < -0.4 is 10.1 Å². The molecule has 0 aliphatic rings. The molecule has 0 aromatic heterocycles. The van der Waals surface area contributed by atoms with Gasteiger partial charge in [-0.25, -0.2) is 0 Å². The number of nitrogens with one attached hydrogen (secondary N) is 1. The molecule has 0 aliphatic heterocycles. The Hall–Kier alpha value is -0.250. The molecule has 0 amide bonds. The maximum absolute atomic E-state index is 6.09. The summed E-state index contributed by atoms with van der Waals surface area (Å²) in [6.45, 7) is 9.15. The molecule has 0 unspecified atom stereocenters. The van der Waals surface area contributed by atoms with Crippen molar-refractivity contribution >= 4 is 27.5 Å². The van der Waals surface area contributed by atoms with Crippen LogP contribution in [0, 0.1) is 5.41 Å². The third-order valence-corrected chi connectivity index (χ3v) is 3.35. The van der Waals surface area contributed by atoms with E-state index in [9.17, 15) is 0 Å². The molecule has 2 nitrogen and oxygen atoms in total. The van der Waals surface area contributed by atoms with Crippen molar-refractivity contribution in [3.05, 3.63) is 27.7 Å². The number of rotatable bonds is 7. The highest BCUT2D eigenvalue weighted by atomic mass is 79.9. The molecule has 1 aromatic carbocycles. The van der Waals surface area contributed by atoms with Gasteiger partial charge in [-0.05, 0) is 31.2 Å². The second-order valence-electron chi connectivity index (χ2n) is 5.20. The third-order valence-electron chi connectivity index (χ3n) is 2.54. The summed E-state index contributed by atoms with van der Waals surface area (Å²) in [6, 6.07) is 5.64. The van der Waals surface area contributed by atoms with E-state index in [1.54, 1.807) is 0 Å². The molecule has 102 valence electrons. The van der Waals surface area contributed by atoms with Crippen LogP contribution in [-0.2, 0) is 0 Å². The second kappa shape index (κ2) is 7.37. The van der Waals surface area contributed by atoms with Gasteiger partial charge in [0.2, 0.25) is 0 Å². The summed E-state index contributed by atoms with van der Waals surface area (Å²) in [6.07, 6.45) is 1.15. The molecule has 1 aromatic rings. The van der Waals surface area contributed by atoms with E-state index in [0.29, 0.717) is 11.6 Å². The normalized spacial score (nSPS) is 11.6. The molecule has 0 aliphatic carbocycles. The maximum atomic E-state index is 6.09. The van der Waals surface area contributed by atoms with Gasteiger partial charge in [0.15, 0.2) is 0 Å². The van der Waals surface area contributed by atoms with Crippen LogP contribution in [0.25, 0.3) is 0 Å². The molecule has 0 bridgehead atoms. The van der Waals surface area contributed by atoms with Gasteiger partial charge < -0.3 is 10.1 Å². The van der Waals surface area contributed by atoms with Crippen molar-refractivity contribution < 1.29 is 4.74 Å². The summed E-state index contributed by atoms with van der Waals surface area (Å²) < 4.78 is 6.79. The minimum Gasteiger partial charge on any atom is -0.491 e. The lowest BCUT2D eigenvalue weighted by Crippen LogP contribution is -2.34.